The molecule has 2 amide bonds. The molecule has 0 radical (unpaired) electrons. The molecule has 0 atom stereocenters. The number of hydrogen-bond donors (Lipinski definition) is 2. The molecule has 6 heteroatoms. The molecule has 0 spiro atoms. The first-order valence-corrected chi connectivity index (χ1v) is 4.92. The van der Waals surface area contributed by atoms with Crippen LogP contribution >= 0.6 is 0 Å². The van der Waals surface area contributed by atoms with Gasteiger partial charge in [-0.1, -0.05) is 19.9 Å². The van der Waals surface area contributed by atoms with Gasteiger partial charge in [0.15, 0.2) is 0 Å². The van der Waals surface area contributed by atoms with E-state index in [2.05, 4.69) is 17.2 Å². The second-order valence-corrected chi connectivity index (χ2v) is 3.08. The average molecular weight is 228 g/mol. The number of ether oxygens (including phenoxy) is 1. The van der Waals surface area contributed by atoms with Crippen LogP contribution in [0.25, 0.3) is 0 Å². The summed E-state index contributed by atoms with van der Waals surface area (Å²) in [7, 11) is 0. The zero-order valence-corrected chi connectivity index (χ0v) is 9.19. The number of carbonyl (C=O) groups excluding carboxylic acids is 3. The third-order valence-corrected chi connectivity index (χ3v) is 1.91. The Morgan fingerprint density at radius 1 is 1.38 bits per heavy atom. The monoisotopic (exact) mass is 228 g/mol. The van der Waals surface area contributed by atoms with Crippen LogP contribution in [0, 0.1) is 0 Å². The minimum atomic E-state index is -1.48. The Labute approximate surface area is 94.0 Å². The molecule has 0 aromatic heterocycles. The van der Waals surface area contributed by atoms with Gasteiger partial charge >= 0.3 is 5.97 Å². The zero-order chi connectivity index (χ0) is 12.4. The van der Waals surface area contributed by atoms with Gasteiger partial charge in [0.25, 0.3) is 5.85 Å². The molecule has 0 bridgehead atoms. The molecule has 0 aliphatic rings. The van der Waals surface area contributed by atoms with E-state index >= 15 is 0 Å². The summed E-state index contributed by atoms with van der Waals surface area (Å²) < 4.78 is 4.93. The van der Waals surface area contributed by atoms with E-state index in [0.717, 1.165) is 12.5 Å². The highest BCUT2D eigenvalue weighted by Gasteiger charge is 2.32. The van der Waals surface area contributed by atoms with Crippen LogP contribution in [-0.2, 0) is 19.1 Å². The van der Waals surface area contributed by atoms with E-state index in [1.54, 1.807) is 0 Å². The minimum Gasteiger partial charge on any atom is -0.417 e. The van der Waals surface area contributed by atoms with Crippen LogP contribution in [0.15, 0.2) is 12.7 Å². The summed E-state index contributed by atoms with van der Waals surface area (Å²) in [4.78, 5) is 32.0. The highest BCUT2D eigenvalue weighted by Crippen LogP contribution is 2.12. The smallest absolute Gasteiger partial charge is 0.333 e. The first-order valence-electron chi connectivity index (χ1n) is 4.92. The molecule has 0 saturated carbocycles. The summed E-state index contributed by atoms with van der Waals surface area (Å²) in [5.41, 5.74) is 0. The van der Waals surface area contributed by atoms with Gasteiger partial charge in [0, 0.05) is 12.5 Å². The van der Waals surface area contributed by atoms with Crippen LogP contribution in [0.1, 0.15) is 26.2 Å². The molecule has 2 N–H and O–H groups in total. The van der Waals surface area contributed by atoms with Crippen LogP contribution in [0.5, 0.6) is 0 Å². The number of nitrogens with one attached hydrogen (secondary N) is 2. The Bertz CT molecular complexity index is 256. The van der Waals surface area contributed by atoms with E-state index < -0.39 is 11.8 Å². The molecular formula is C10H16N2O4. The van der Waals surface area contributed by atoms with Crippen molar-refractivity contribution in [3.05, 3.63) is 12.7 Å². The molecule has 0 aromatic carbocycles. The maximum Gasteiger partial charge on any atom is 0.333 e. The molecule has 0 saturated heterocycles. The maximum atomic E-state index is 11.1. The largest absolute Gasteiger partial charge is 0.417 e. The van der Waals surface area contributed by atoms with E-state index in [9.17, 15) is 14.4 Å². The molecule has 90 valence electrons. The van der Waals surface area contributed by atoms with Crippen LogP contribution in [0.3, 0.4) is 0 Å². The Kier molecular flexibility index (Phi) is 6.58. The van der Waals surface area contributed by atoms with Gasteiger partial charge in [-0.25, -0.2) is 4.79 Å². The number of hydrogen-bond acceptors (Lipinski definition) is 4. The average Bonchev–Trinajstić information content (AvgIpc) is 2.27. The zero-order valence-electron chi connectivity index (χ0n) is 9.19. The fourth-order valence-corrected chi connectivity index (χ4v) is 1.13. The van der Waals surface area contributed by atoms with Crippen LogP contribution < -0.4 is 10.6 Å². The van der Waals surface area contributed by atoms with Gasteiger partial charge in [-0.15, -0.1) is 0 Å². The van der Waals surface area contributed by atoms with Crippen molar-refractivity contribution in [2.75, 3.05) is 0 Å². The lowest BCUT2D eigenvalue weighted by Crippen LogP contribution is -2.58. The lowest BCUT2D eigenvalue weighted by Gasteiger charge is -2.31. The molecule has 16 heavy (non-hydrogen) atoms. The van der Waals surface area contributed by atoms with Crippen molar-refractivity contribution in [3.8, 4) is 0 Å². The van der Waals surface area contributed by atoms with Crippen LogP contribution in [-0.4, -0.2) is 24.6 Å². The predicted octanol–water partition coefficient (Wildman–Crippen LogP) is 0.0516. The van der Waals surface area contributed by atoms with Gasteiger partial charge < -0.3 is 15.4 Å². The van der Waals surface area contributed by atoms with Gasteiger partial charge in [0.05, 0.1) is 0 Å². The van der Waals surface area contributed by atoms with E-state index in [1.807, 2.05) is 6.92 Å². The number of rotatable bonds is 9. The van der Waals surface area contributed by atoms with Gasteiger partial charge in [-0.3, -0.25) is 9.59 Å². The van der Waals surface area contributed by atoms with Crippen LogP contribution in [0.2, 0.25) is 0 Å². The maximum absolute atomic E-state index is 11.1. The van der Waals surface area contributed by atoms with Crippen LogP contribution in [0.4, 0.5) is 0 Å². The molecule has 0 unspecified atom stereocenters. The molecule has 0 heterocycles. The molecule has 0 fully saturated rings. The number of carbonyl (C=O) groups is 3. The second kappa shape index (κ2) is 7.44. The Morgan fingerprint density at radius 3 is 2.31 bits per heavy atom. The SMILES string of the molecule is C=CC(=O)OC(CCCC)(NC=O)NC=O. The first kappa shape index (κ1) is 14.2. The first-order chi connectivity index (χ1) is 7.64. The fourth-order valence-electron chi connectivity index (χ4n) is 1.13. The molecule has 0 rings (SSSR count). The minimum absolute atomic E-state index is 0.292. The summed E-state index contributed by atoms with van der Waals surface area (Å²) >= 11 is 0. The number of esters is 1. The lowest BCUT2D eigenvalue weighted by molar-refractivity contribution is -0.165. The van der Waals surface area contributed by atoms with Gasteiger partial charge in [0.2, 0.25) is 12.8 Å². The summed E-state index contributed by atoms with van der Waals surface area (Å²) in [6, 6.07) is 0. The van der Waals surface area contributed by atoms with Crippen molar-refractivity contribution >= 4 is 18.8 Å². The summed E-state index contributed by atoms with van der Waals surface area (Å²) in [5.74, 6) is -2.20. The molecule has 0 aliphatic carbocycles. The van der Waals surface area contributed by atoms with E-state index in [0.29, 0.717) is 25.7 Å². The van der Waals surface area contributed by atoms with Gasteiger partial charge in [-0.05, 0) is 6.42 Å². The third kappa shape index (κ3) is 4.59. The van der Waals surface area contributed by atoms with Crippen molar-refractivity contribution in [2.45, 2.75) is 32.0 Å². The van der Waals surface area contributed by atoms with Gasteiger partial charge in [0.1, 0.15) is 0 Å². The fraction of sp³-hybridized carbons (Fsp3) is 0.500. The summed E-state index contributed by atoms with van der Waals surface area (Å²) in [6.07, 6.45) is 3.48. The van der Waals surface area contributed by atoms with E-state index in [4.69, 9.17) is 4.74 Å². The van der Waals surface area contributed by atoms with Crippen molar-refractivity contribution in [1.82, 2.24) is 10.6 Å². The van der Waals surface area contributed by atoms with Crippen molar-refractivity contribution < 1.29 is 19.1 Å². The van der Waals surface area contributed by atoms with Crippen molar-refractivity contribution in [1.29, 1.82) is 0 Å². The van der Waals surface area contributed by atoms with E-state index in [1.165, 1.54) is 0 Å². The highest BCUT2D eigenvalue weighted by molar-refractivity contribution is 5.81. The molecule has 0 aromatic rings. The van der Waals surface area contributed by atoms with Gasteiger partial charge in [-0.2, -0.15) is 0 Å². The summed E-state index contributed by atoms with van der Waals surface area (Å²) in [6.45, 7) is 5.17. The quantitative estimate of drug-likeness (QED) is 0.253. The normalized spacial score (nSPS) is 10.1. The van der Waals surface area contributed by atoms with E-state index in [-0.39, 0.29) is 0 Å². The lowest BCUT2D eigenvalue weighted by atomic mass is 10.2. The topological polar surface area (TPSA) is 84.5 Å². The molecule has 6 nitrogen and oxygen atoms in total. The second-order valence-electron chi connectivity index (χ2n) is 3.08. The number of amides is 2. The number of unbranched alkanes of at least 4 members (excludes halogenated alkanes) is 1. The molecular weight excluding hydrogens is 212 g/mol. The third-order valence-electron chi connectivity index (χ3n) is 1.91. The Balaban J connectivity index is 4.73. The Morgan fingerprint density at radius 2 is 1.94 bits per heavy atom. The molecule has 0 aliphatic heterocycles. The van der Waals surface area contributed by atoms with Crippen molar-refractivity contribution in [3.63, 3.8) is 0 Å². The standard InChI is InChI=1S/C10H16N2O4/c1-3-5-6-10(11-7-13,12-8-14)16-9(15)4-2/h4,7-8H,2-3,5-6H2,1H3,(H,11,13)(H,12,14). The van der Waals surface area contributed by atoms with Crippen molar-refractivity contribution in [2.24, 2.45) is 0 Å². The Hall–Kier alpha value is -1.85. The summed E-state index contributed by atoms with van der Waals surface area (Å²) in [5, 5.41) is 4.57. The predicted molar refractivity (Wildman–Crippen MR) is 56.9 cm³/mol. The highest BCUT2D eigenvalue weighted by atomic mass is 16.6.